The van der Waals surface area contributed by atoms with Crippen LogP contribution in [0, 0.1) is 0 Å². The van der Waals surface area contributed by atoms with E-state index in [4.69, 9.17) is 4.74 Å². The van der Waals surface area contributed by atoms with Crippen molar-refractivity contribution in [3.63, 3.8) is 0 Å². The van der Waals surface area contributed by atoms with Crippen LogP contribution in [0.25, 0.3) is 0 Å². The number of carbonyl (C=O) groups excluding carboxylic acids is 1. The van der Waals surface area contributed by atoms with Crippen LogP contribution in [0.5, 0.6) is 0 Å². The van der Waals surface area contributed by atoms with Gasteiger partial charge in [-0.15, -0.1) is 0 Å². The maximum Gasteiger partial charge on any atom is 0.254 e. The van der Waals surface area contributed by atoms with Gasteiger partial charge in [0.2, 0.25) is 0 Å². The monoisotopic (exact) mass is 311 g/mol. The lowest BCUT2D eigenvalue weighted by Crippen LogP contribution is -2.37. The fourth-order valence-electron chi connectivity index (χ4n) is 2.60. The number of nitrogens with zero attached hydrogens (tertiary/aromatic N) is 1. The largest absolute Gasteiger partial charge is 0.374 e. The molecule has 2 rings (SSSR count). The van der Waals surface area contributed by atoms with Crippen molar-refractivity contribution >= 4 is 5.91 Å². The van der Waals surface area contributed by atoms with E-state index < -0.39 is 0 Å². The lowest BCUT2D eigenvalue weighted by Gasteiger charge is -2.27. The zero-order valence-corrected chi connectivity index (χ0v) is 14.1. The van der Waals surface area contributed by atoms with Crippen molar-refractivity contribution in [1.29, 1.82) is 0 Å². The fourth-order valence-corrected chi connectivity index (χ4v) is 2.60. The molecule has 122 valence electrons. The van der Waals surface area contributed by atoms with E-state index in [1.807, 2.05) is 86.3 Å². The highest BCUT2D eigenvalue weighted by molar-refractivity contribution is 5.94. The first-order valence-corrected chi connectivity index (χ1v) is 8.10. The molecule has 1 unspecified atom stereocenters. The molecule has 2 aromatic carbocycles. The minimum atomic E-state index is -0.00799. The van der Waals surface area contributed by atoms with Gasteiger partial charge in [-0.1, -0.05) is 48.5 Å². The first-order chi connectivity index (χ1) is 11.1. The van der Waals surface area contributed by atoms with Crippen molar-refractivity contribution in [3.8, 4) is 0 Å². The second-order valence-electron chi connectivity index (χ2n) is 6.03. The number of hydrogen-bond donors (Lipinski definition) is 0. The van der Waals surface area contributed by atoms with Crippen LogP contribution in [-0.2, 0) is 11.3 Å². The highest BCUT2D eigenvalue weighted by Gasteiger charge is 2.19. The minimum absolute atomic E-state index is 0.00799. The SMILES string of the molecule is CC(C)OC(C)CN(Cc1ccccc1)C(=O)c1ccccc1. The van der Waals surface area contributed by atoms with Crippen molar-refractivity contribution in [2.75, 3.05) is 6.54 Å². The normalized spacial score (nSPS) is 12.2. The highest BCUT2D eigenvalue weighted by Crippen LogP contribution is 2.12. The lowest BCUT2D eigenvalue weighted by molar-refractivity contribution is -0.00122. The van der Waals surface area contributed by atoms with Gasteiger partial charge in [-0.25, -0.2) is 0 Å². The number of hydrogen-bond acceptors (Lipinski definition) is 2. The molecule has 0 fully saturated rings. The molecular formula is C20H25NO2. The van der Waals surface area contributed by atoms with Gasteiger partial charge in [0.15, 0.2) is 0 Å². The maximum atomic E-state index is 12.8. The minimum Gasteiger partial charge on any atom is -0.374 e. The molecule has 0 saturated heterocycles. The summed E-state index contributed by atoms with van der Waals surface area (Å²) in [6.45, 7) is 7.19. The molecule has 0 heterocycles. The Morgan fingerprint density at radius 2 is 1.52 bits per heavy atom. The third kappa shape index (κ3) is 5.53. The van der Waals surface area contributed by atoms with Crippen molar-refractivity contribution in [3.05, 3.63) is 71.8 Å². The first-order valence-electron chi connectivity index (χ1n) is 8.10. The molecule has 23 heavy (non-hydrogen) atoms. The van der Waals surface area contributed by atoms with E-state index in [-0.39, 0.29) is 18.1 Å². The predicted molar refractivity (Wildman–Crippen MR) is 93.3 cm³/mol. The molecule has 1 amide bonds. The molecule has 0 aliphatic carbocycles. The van der Waals surface area contributed by atoms with E-state index in [1.165, 1.54) is 0 Å². The molecule has 0 aliphatic heterocycles. The Kier molecular flexibility index (Phi) is 6.36. The fraction of sp³-hybridized carbons (Fsp3) is 0.350. The second kappa shape index (κ2) is 8.49. The maximum absolute atomic E-state index is 12.8. The van der Waals surface area contributed by atoms with Crippen LogP contribution in [-0.4, -0.2) is 29.6 Å². The summed E-state index contributed by atoms with van der Waals surface area (Å²) in [5.74, 6) is 0.0358. The van der Waals surface area contributed by atoms with Gasteiger partial charge in [0.25, 0.3) is 5.91 Å². The summed E-state index contributed by atoms with van der Waals surface area (Å²) in [6, 6.07) is 19.5. The zero-order valence-electron chi connectivity index (χ0n) is 14.1. The van der Waals surface area contributed by atoms with Gasteiger partial charge in [-0.2, -0.15) is 0 Å². The van der Waals surface area contributed by atoms with Crippen LogP contribution in [0.3, 0.4) is 0 Å². The van der Waals surface area contributed by atoms with Crippen LogP contribution in [0.4, 0.5) is 0 Å². The number of carbonyl (C=O) groups is 1. The Bertz CT molecular complexity index is 596. The summed E-state index contributed by atoms with van der Waals surface area (Å²) >= 11 is 0. The van der Waals surface area contributed by atoms with Crippen molar-refractivity contribution in [2.45, 2.75) is 39.5 Å². The summed E-state index contributed by atoms with van der Waals surface area (Å²) in [4.78, 5) is 14.7. The lowest BCUT2D eigenvalue weighted by atomic mass is 10.1. The summed E-state index contributed by atoms with van der Waals surface area (Å²) in [7, 11) is 0. The number of ether oxygens (including phenoxy) is 1. The molecule has 1 atom stereocenters. The Labute approximate surface area is 138 Å². The second-order valence-corrected chi connectivity index (χ2v) is 6.03. The van der Waals surface area contributed by atoms with Crippen LogP contribution >= 0.6 is 0 Å². The molecule has 3 nitrogen and oxygen atoms in total. The summed E-state index contributed by atoms with van der Waals surface area (Å²) in [6.07, 6.45) is 0.141. The van der Waals surface area contributed by atoms with Crippen molar-refractivity contribution in [1.82, 2.24) is 4.90 Å². The van der Waals surface area contributed by atoms with E-state index in [2.05, 4.69) is 0 Å². The van der Waals surface area contributed by atoms with Gasteiger partial charge in [0.05, 0.1) is 12.2 Å². The molecule has 2 aromatic rings. The summed E-state index contributed by atoms with van der Waals surface area (Å²) in [5.41, 5.74) is 1.83. The Hall–Kier alpha value is -2.13. The van der Waals surface area contributed by atoms with Gasteiger partial charge in [-0.3, -0.25) is 4.79 Å². The third-order valence-electron chi connectivity index (χ3n) is 3.51. The average Bonchev–Trinajstić information content (AvgIpc) is 2.54. The van der Waals surface area contributed by atoms with Gasteiger partial charge in [0.1, 0.15) is 0 Å². The molecule has 0 radical (unpaired) electrons. The molecule has 0 N–H and O–H groups in total. The molecular weight excluding hydrogens is 286 g/mol. The summed E-state index contributed by atoms with van der Waals surface area (Å²) < 4.78 is 5.81. The summed E-state index contributed by atoms with van der Waals surface area (Å²) in [5, 5.41) is 0. The van der Waals surface area contributed by atoms with Gasteiger partial charge in [-0.05, 0) is 38.5 Å². The van der Waals surface area contributed by atoms with Crippen LogP contribution in [0.15, 0.2) is 60.7 Å². The standard InChI is InChI=1S/C20H25NO2/c1-16(2)23-17(3)14-21(15-18-10-6-4-7-11-18)20(22)19-12-8-5-9-13-19/h4-13,16-17H,14-15H2,1-3H3. The van der Waals surface area contributed by atoms with E-state index in [9.17, 15) is 4.79 Å². The van der Waals surface area contributed by atoms with Crippen LogP contribution in [0.1, 0.15) is 36.7 Å². The molecule has 0 aliphatic rings. The molecule has 0 spiro atoms. The van der Waals surface area contributed by atoms with Crippen molar-refractivity contribution in [2.24, 2.45) is 0 Å². The van der Waals surface area contributed by atoms with Crippen LogP contribution in [0.2, 0.25) is 0 Å². The van der Waals surface area contributed by atoms with Gasteiger partial charge >= 0.3 is 0 Å². The van der Waals surface area contributed by atoms with Gasteiger partial charge < -0.3 is 9.64 Å². The van der Waals surface area contributed by atoms with Gasteiger partial charge in [0, 0.05) is 18.7 Å². The molecule has 3 heteroatoms. The highest BCUT2D eigenvalue weighted by atomic mass is 16.5. The Balaban J connectivity index is 2.15. The number of amides is 1. The van der Waals surface area contributed by atoms with E-state index in [0.29, 0.717) is 18.7 Å². The van der Waals surface area contributed by atoms with Crippen LogP contribution < -0.4 is 0 Å². The number of benzene rings is 2. The van der Waals surface area contributed by atoms with E-state index >= 15 is 0 Å². The predicted octanol–water partition coefficient (Wildman–Crippen LogP) is 4.14. The molecule has 0 aromatic heterocycles. The zero-order chi connectivity index (χ0) is 16.7. The first kappa shape index (κ1) is 17.2. The molecule has 0 saturated carbocycles. The topological polar surface area (TPSA) is 29.5 Å². The Morgan fingerprint density at radius 3 is 2.09 bits per heavy atom. The average molecular weight is 311 g/mol. The molecule has 0 bridgehead atoms. The quantitative estimate of drug-likeness (QED) is 0.769. The van der Waals surface area contributed by atoms with E-state index in [0.717, 1.165) is 5.56 Å². The number of rotatable bonds is 7. The van der Waals surface area contributed by atoms with E-state index in [1.54, 1.807) is 0 Å². The Morgan fingerprint density at radius 1 is 0.957 bits per heavy atom. The third-order valence-corrected chi connectivity index (χ3v) is 3.51. The smallest absolute Gasteiger partial charge is 0.254 e. The van der Waals surface area contributed by atoms with Crippen molar-refractivity contribution < 1.29 is 9.53 Å².